The van der Waals surface area contributed by atoms with Gasteiger partial charge >= 0.3 is 0 Å². The number of benzene rings is 9. The lowest BCUT2D eigenvalue weighted by atomic mass is 9.95. The quantitative estimate of drug-likeness (QED) is 0.165. The molecule has 10 rings (SSSR count). The van der Waals surface area contributed by atoms with E-state index in [4.69, 9.17) is 4.42 Å². The maximum Gasteiger partial charge on any atom is 0.143 e. The number of anilines is 3. The van der Waals surface area contributed by atoms with Crippen LogP contribution in [0.3, 0.4) is 0 Å². The van der Waals surface area contributed by atoms with Crippen LogP contribution in [0.4, 0.5) is 17.1 Å². The molecule has 10 aromatic rings. The van der Waals surface area contributed by atoms with Gasteiger partial charge in [-0.15, -0.1) is 0 Å². The van der Waals surface area contributed by atoms with Crippen molar-refractivity contribution in [1.82, 2.24) is 0 Å². The molecule has 2 heteroatoms. The van der Waals surface area contributed by atoms with Crippen LogP contribution in [0.1, 0.15) is 0 Å². The molecule has 9 aromatic carbocycles. The molecule has 0 bridgehead atoms. The van der Waals surface area contributed by atoms with Crippen LogP contribution >= 0.6 is 0 Å². The van der Waals surface area contributed by atoms with Crippen LogP contribution in [0.5, 0.6) is 0 Å². The molecule has 52 heavy (non-hydrogen) atoms. The van der Waals surface area contributed by atoms with Crippen molar-refractivity contribution >= 4 is 60.5 Å². The molecule has 0 unspecified atom stereocenters. The van der Waals surface area contributed by atoms with Crippen molar-refractivity contribution in [2.24, 2.45) is 0 Å². The van der Waals surface area contributed by atoms with Gasteiger partial charge < -0.3 is 9.32 Å². The zero-order valence-corrected chi connectivity index (χ0v) is 28.4. The van der Waals surface area contributed by atoms with Crippen LogP contribution in [0.15, 0.2) is 205 Å². The Labute approximate surface area is 302 Å². The van der Waals surface area contributed by atoms with Crippen LogP contribution < -0.4 is 4.90 Å². The number of hydrogen-bond donors (Lipinski definition) is 0. The molecule has 0 radical (unpaired) electrons. The molecule has 0 aliphatic rings. The second kappa shape index (κ2) is 12.5. The monoisotopic (exact) mass is 663 g/mol. The third-order valence-electron chi connectivity index (χ3n) is 10.2. The summed E-state index contributed by atoms with van der Waals surface area (Å²) in [5, 5.41) is 6.96. The van der Waals surface area contributed by atoms with E-state index in [0.717, 1.165) is 55.5 Å². The zero-order chi connectivity index (χ0) is 34.4. The predicted octanol–water partition coefficient (Wildman–Crippen LogP) is 14.4. The van der Waals surface area contributed by atoms with Crippen LogP contribution in [0.25, 0.3) is 76.9 Å². The summed E-state index contributed by atoms with van der Waals surface area (Å²) in [5.74, 6) is 0. The summed E-state index contributed by atoms with van der Waals surface area (Å²) < 4.78 is 6.99. The summed E-state index contributed by atoms with van der Waals surface area (Å²) in [6, 6.07) is 71.5. The van der Waals surface area contributed by atoms with E-state index in [1.165, 1.54) is 38.4 Å². The van der Waals surface area contributed by atoms with Gasteiger partial charge in [-0.3, -0.25) is 0 Å². The van der Waals surface area contributed by atoms with Crippen molar-refractivity contribution < 1.29 is 4.42 Å². The van der Waals surface area contributed by atoms with E-state index in [1.807, 2.05) is 0 Å². The molecule has 0 fully saturated rings. The van der Waals surface area contributed by atoms with E-state index in [1.54, 1.807) is 0 Å². The van der Waals surface area contributed by atoms with Gasteiger partial charge in [0.25, 0.3) is 0 Å². The van der Waals surface area contributed by atoms with Gasteiger partial charge in [0, 0.05) is 22.1 Å². The van der Waals surface area contributed by atoms with Crippen LogP contribution in [-0.4, -0.2) is 0 Å². The predicted molar refractivity (Wildman–Crippen MR) is 220 cm³/mol. The third-order valence-corrected chi connectivity index (χ3v) is 10.2. The Balaban J connectivity index is 1.21. The first-order chi connectivity index (χ1) is 25.8. The number of para-hydroxylation sites is 1. The molecule has 0 N–H and O–H groups in total. The van der Waals surface area contributed by atoms with Gasteiger partial charge in [-0.1, -0.05) is 164 Å². The maximum absolute atomic E-state index is 6.99. The molecule has 0 aliphatic carbocycles. The summed E-state index contributed by atoms with van der Waals surface area (Å²) in [6.45, 7) is 0. The van der Waals surface area contributed by atoms with Gasteiger partial charge in [0.1, 0.15) is 11.2 Å². The molecular weight excluding hydrogens is 631 g/mol. The molecule has 0 spiro atoms. The van der Waals surface area contributed by atoms with Crippen LogP contribution in [-0.2, 0) is 0 Å². The average Bonchev–Trinajstić information content (AvgIpc) is 3.63. The van der Waals surface area contributed by atoms with Gasteiger partial charge in [-0.25, -0.2) is 0 Å². The lowest BCUT2D eigenvalue weighted by Gasteiger charge is -2.27. The highest BCUT2D eigenvalue weighted by Crippen LogP contribution is 2.49. The minimum atomic E-state index is 0.865. The minimum absolute atomic E-state index is 0.865. The van der Waals surface area contributed by atoms with E-state index in [9.17, 15) is 0 Å². The average molecular weight is 664 g/mol. The van der Waals surface area contributed by atoms with Crippen molar-refractivity contribution in [2.75, 3.05) is 4.90 Å². The largest absolute Gasteiger partial charge is 0.455 e. The van der Waals surface area contributed by atoms with Gasteiger partial charge in [0.15, 0.2) is 0 Å². The Morgan fingerprint density at radius 2 is 0.731 bits per heavy atom. The Morgan fingerprint density at radius 3 is 1.33 bits per heavy atom. The first kappa shape index (κ1) is 30.0. The minimum Gasteiger partial charge on any atom is -0.455 e. The lowest BCUT2D eigenvalue weighted by Crippen LogP contribution is -2.10. The topological polar surface area (TPSA) is 16.4 Å². The number of nitrogens with zero attached hydrogens (tertiary/aromatic N) is 1. The Bertz CT molecular complexity index is 2860. The standard InChI is InChI=1S/C50H33NO/c1-4-14-34(15-5-1)36-24-26-37(27-25-36)38-28-30-41(31-29-38)51(40-18-8-3-9-19-40)46-32-39(35-16-6-2-7-17-35)33-47-49(46)48-44-22-12-10-20-42(44)43-21-11-13-23-45(43)50(48)52-47/h1-33H. The molecule has 1 heterocycles. The highest BCUT2D eigenvalue weighted by Gasteiger charge is 2.24. The molecule has 2 nitrogen and oxygen atoms in total. The van der Waals surface area contributed by atoms with Crippen molar-refractivity contribution in [2.45, 2.75) is 0 Å². The Hall–Kier alpha value is -6.90. The molecule has 1 aromatic heterocycles. The highest BCUT2D eigenvalue weighted by atomic mass is 16.3. The SMILES string of the molecule is c1ccc(-c2ccc(-c3ccc(N(c4ccccc4)c4cc(-c5ccccc5)cc5oc6c7ccccc7c7ccccc7c6c45)cc3)cc2)cc1. The summed E-state index contributed by atoms with van der Waals surface area (Å²) in [7, 11) is 0. The molecular formula is C50H33NO. The maximum atomic E-state index is 6.99. The highest BCUT2D eigenvalue weighted by molar-refractivity contribution is 6.32. The molecule has 0 saturated carbocycles. The van der Waals surface area contributed by atoms with Crippen LogP contribution in [0.2, 0.25) is 0 Å². The molecule has 244 valence electrons. The van der Waals surface area contributed by atoms with Gasteiger partial charge in [-0.2, -0.15) is 0 Å². The van der Waals surface area contributed by atoms with E-state index in [-0.39, 0.29) is 0 Å². The van der Waals surface area contributed by atoms with Crippen LogP contribution in [0, 0.1) is 0 Å². The summed E-state index contributed by atoms with van der Waals surface area (Å²) in [4.78, 5) is 2.38. The summed E-state index contributed by atoms with van der Waals surface area (Å²) in [5.41, 5.74) is 12.0. The van der Waals surface area contributed by atoms with E-state index in [0.29, 0.717) is 0 Å². The van der Waals surface area contributed by atoms with Crippen molar-refractivity contribution in [3.05, 3.63) is 200 Å². The Morgan fingerprint density at radius 1 is 0.308 bits per heavy atom. The molecule has 0 atom stereocenters. The zero-order valence-electron chi connectivity index (χ0n) is 28.4. The first-order valence-electron chi connectivity index (χ1n) is 17.8. The molecule has 0 aliphatic heterocycles. The van der Waals surface area contributed by atoms with Gasteiger partial charge in [0.2, 0.25) is 0 Å². The number of furan rings is 1. The fourth-order valence-corrected chi connectivity index (χ4v) is 7.77. The number of rotatable bonds is 6. The van der Waals surface area contributed by atoms with Crippen molar-refractivity contribution in [1.29, 1.82) is 0 Å². The smallest absolute Gasteiger partial charge is 0.143 e. The summed E-state index contributed by atoms with van der Waals surface area (Å²) >= 11 is 0. The van der Waals surface area contributed by atoms with E-state index >= 15 is 0 Å². The third kappa shape index (κ3) is 5.04. The second-order valence-electron chi connectivity index (χ2n) is 13.3. The second-order valence-corrected chi connectivity index (χ2v) is 13.3. The van der Waals surface area contributed by atoms with Crippen molar-refractivity contribution in [3.8, 4) is 33.4 Å². The lowest BCUT2D eigenvalue weighted by molar-refractivity contribution is 0.673. The first-order valence-corrected chi connectivity index (χ1v) is 17.8. The normalized spacial score (nSPS) is 11.5. The van der Waals surface area contributed by atoms with Crippen molar-refractivity contribution in [3.63, 3.8) is 0 Å². The number of hydrogen-bond acceptors (Lipinski definition) is 2. The molecule has 0 saturated heterocycles. The Kier molecular flexibility index (Phi) is 7.18. The fourth-order valence-electron chi connectivity index (χ4n) is 7.77. The fraction of sp³-hybridized carbons (Fsp3) is 0. The van der Waals surface area contributed by atoms with Gasteiger partial charge in [-0.05, 0) is 85.9 Å². The molecule has 0 amide bonds. The van der Waals surface area contributed by atoms with E-state index in [2.05, 4.69) is 205 Å². The van der Waals surface area contributed by atoms with Gasteiger partial charge in [0.05, 0.1) is 11.1 Å². The summed E-state index contributed by atoms with van der Waals surface area (Å²) in [6.07, 6.45) is 0. The van der Waals surface area contributed by atoms with E-state index < -0.39 is 0 Å². The number of fused-ring (bicyclic) bond motifs is 8.